The minimum atomic E-state index is 0.490. The number of likely N-dealkylation sites (N-methyl/N-ethyl adjacent to an activating group) is 1. The summed E-state index contributed by atoms with van der Waals surface area (Å²) in [7, 11) is 2.12. The van der Waals surface area contributed by atoms with Crippen LogP contribution in [0.4, 0.5) is 0 Å². The van der Waals surface area contributed by atoms with E-state index in [1.807, 2.05) is 11.3 Å². The molecule has 17 heavy (non-hydrogen) atoms. The minimum Gasteiger partial charge on any atom is -0.316 e. The maximum absolute atomic E-state index is 3.56. The topological polar surface area (TPSA) is 12.0 Å². The third kappa shape index (κ3) is 3.33. The third-order valence-corrected chi connectivity index (χ3v) is 5.93. The molecule has 1 fully saturated rings. The van der Waals surface area contributed by atoms with Crippen LogP contribution in [0.3, 0.4) is 0 Å². The van der Waals surface area contributed by atoms with Crippen molar-refractivity contribution in [3.63, 3.8) is 0 Å². The van der Waals surface area contributed by atoms with Crippen LogP contribution in [0.2, 0.25) is 0 Å². The Hall–Kier alpha value is 0.140. The molecule has 1 nitrogen and oxygen atoms in total. The van der Waals surface area contributed by atoms with E-state index in [1.165, 1.54) is 47.9 Å². The molecule has 96 valence electrons. The molecule has 1 heterocycles. The van der Waals surface area contributed by atoms with Crippen molar-refractivity contribution in [1.82, 2.24) is 5.32 Å². The zero-order valence-corrected chi connectivity index (χ0v) is 13.2. The van der Waals surface area contributed by atoms with Gasteiger partial charge >= 0.3 is 0 Å². The van der Waals surface area contributed by atoms with Crippen LogP contribution in [0.15, 0.2) is 15.9 Å². The van der Waals surface area contributed by atoms with Gasteiger partial charge in [0.15, 0.2) is 0 Å². The van der Waals surface area contributed by atoms with Gasteiger partial charge < -0.3 is 5.32 Å². The Balaban J connectivity index is 2.05. The molecule has 1 unspecified atom stereocenters. The summed E-state index contributed by atoms with van der Waals surface area (Å²) in [5.41, 5.74) is 0.490. The molecule has 1 N–H and O–H groups in total. The predicted molar refractivity (Wildman–Crippen MR) is 79.8 cm³/mol. The van der Waals surface area contributed by atoms with Gasteiger partial charge in [-0.15, -0.1) is 11.3 Å². The van der Waals surface area contributed by atoms with Gasteiger partial charge in [-0.05, 0) is 53.7 Å². The summed E-state index contributed by atoms with van der Waals surface area (Å²) in [5, 5.41) is 5.75. The van der Waals surface area contributed by atoms with Gasteiger partial charge in [0.25, 0.3) is 0 Å². The number of rotatable bonds is 4. The van der Waals surface area contributed by atoms with Crippen LogP contribution in [-0.2, 0) is 6.42 Å². The zero-order chi connectivity index (χ0) is 12.3. The van der Waals surface area contributed by atoms with E-state index >= 15 is 0 Å². The highest BCUT2D eigenvalue weighted by Gasteiger charge is 2.34. The Bertz CT molecular complexity index is 355. The average Bonchev–Trinajstić information content (AvgIpc) is 2.72. The van der Waals surface area contributed by atoms with Crippen molar-refractivity contribution in [3.05, 3.63) is 20.8 Å². The fourth-order valence-corrected chi connectivity index (χ4v) is 4.57. The number of thiophene rings is 1. The molecule has 1 aromatic heterocycles. The lowest BCUT2D eigenvalue weighted by molar-refractivity contribution is 0.149. The van der Waals surface area contributed by atoms with Gasteiger partial charge in [-0.2, -0.15) is 0 Å². The Labute approximate surface area is 117 Å². The lowest BCUT2D eigenvalue weighted by Gasteiger charge is -2.40. The zero-order valence-electron chi connectivity index (χ0n) is 10.8. The quantitative estimate of drug-likeness (QED) is 0.855. The molecular weight excluding hydrogens is 294 g/mol. The third-order valence-electron chi connectivity index (χ3n) is 4.21. The maximum Gasteiger partial charge on any atom is 0.0285 e. The Kier molecular flexibility index (Phi) is 4.67. The second-order valence-corrected chi connectivity index (χ2v) is 7.40. The normalized spacial score (nSPS) is 21.4. The molecule has 1 atom stereocenters. The highest BCUT2D eigenvalue weighted by atomic mass is 79.9. The van der Waals surface area contributed by atoms with Crippen LogP contribution in [0.5, 0.6) is 0 Å². The van der Waals surface area contributed by atoms with E-state index in [0.29, 0.717) is 11.5 Å². The van der Waals surface area contributed by atoms with Crippen molar-refractivity contribution in [2.75, 3.05) is 7.05 Å². The largest absolute Gasteiger partial charge is 0.316 e. The Morgan fingerprint density at radius 3 is 2.65 bits per heavy atom. The summed E-state index contributed by atoms with van der Waals surface area (Å²) in [5.74, 6) is 0. The van der Waals surface area contributed by atoms with Crippen molar-refractivity contribution >= 4 is 27.3 Å². The van der Waals surface area contributed by atoms with Gasteiger partial charge in [0.1, 0.15) is 0 Å². The highest BCUT2D eigenvalue weighted by molar-refractivity contribution is 9.10. The maximum atomic E-state index is 3.56. The number of hydrogen-bond donors (Lipinski definition) is 1. The van der Waals surface area contributed by atoms with Crippen molar-refractivity contribution in [2.45, 2.75) is 51.5 Å². The fraction of sp³-hybridized carbons (Fsp3) is 0.714. The average molecular weight is 316 g/mol. The highest BCUT2D eigenvalue weighted by Crippen LogP contribution is 2.40. The SMILES string of the molecule is CNC(Cc1cc(Br)cs1)C1(C)CCCCC1. The molecule has 0 aromatic carbocycles. The van der Waals surface area contributed by atoms with E-state index in [1.54, 1.807) is 0 Å². The first-order valence-corrected chi connectivity index (χ1v) is 8.21. The van der Waals surface area contributed by atoms with E-state index in [0.717, 1.165) is 0 Å². The Morgan fingerprint density at radius 2 is 2.12 bits per heavy atom. The molecule has 2 rings (SSSR count). The van der Waals surface area contributed by atoms with Crippen LogP contribution >= 0.6 is 27.3 Å². The van der Waals surface area contributed by atoms with Crippen LogP contribution in [-0.4, -0.2) is 13.1 Å². The molecule has 1 aliphatic carbocycles. The molecule has 0 amide bonds. The van der Waals surface area contributed by atoms with Crippen molar-refractivity contribution in [1.29, 1.82) is 0 Å². The van der Waals surface area contributed by atoms with Crippen LogP contribution in [0.1, 0.15) is 43.9 Å². The van der Waals surface area contributed by atoms with Gasteiger partial charge in [-0.3, -0.25) is 0 Å². The number of nitrogens with one attached hydrogen (secondary N) is 1. The van der Waals surface area contributed by atoms with E-state index in [4.69, 9.17) is 0 Å². The van der Waals surface area contributed by atoms with Crippen molar-refractivity contribution < 1.29 is 0 Å². The van der Waals surface area contributed by atoms with E-state index in [2.05, 4.69) is 46.7 Å². The first kappa shape index (κ1) is 13.6. The summed E-state index contributed by atoms with van der Waals surface area (Å²) < 4.78 is 1.22. The molecule has 0 spiro atoms. The van der Waals surface area contributed by atoms with Crippen LogP contribution < -0.4 is 5.32 Å². The molecule has 0 saturated heterocycles. The summed E-state index contributed by atoms with van der Waals surface area (Å²) in [6, 6.07) is 2.88. The van der Waals surface area contributed by atoms with Gasteiger partial charge in [0, 0.05) is 20.8 Å². The van der Waals surface area contributed by atoms with Gasteiger partial charge in [0.05, 0.1) is 0 Å². The lowest BCUT2D eigenvalue weighted by Crippen LogP contribution is -2.44. The van der Waals surface area contributed by atoms with Gasteiger partial charge in [0.2, 0.25) is 0 Å². The second kappa shape index (κ2) is 5.85. The molecule has 1 aliphatic rings. The van der Waals surface area contributed by atoms with Crippen LogP contribution in [0.25, 0.3) is 0 Å². The second-order valence-electron chi connectivity index (χ2n) is 5.49. The van der Waals surface area contributed by atoms with E-state index < -0.39 is 0 Å². The predicted octanol–water partition coefficient (Wildman–Crippen LogP) is 4.61. The van der Waals surface area contributed by atoms with Gasteiger partial charge in [-0.25, -0.2) is 0 Å². The Morgan fingerprint density at radius 1 is 1.41 bits per heavy atom. The van der Waals surface area contributed by atoms with Crippen LogP contribution in [0, 0.1) is 5.41 Å². The molecule has 0 aliphatic heterocycles. The van der Waals surface area contributed by atoms with Crippen molar-refractivity contribution in [3.8, 4) is 0 Å². The minimum absolute atomic E-state index is 0.490. The van der Waals surface area contributed by atoms with E-state index in [-0.39, 0.29) is 0 Å². The molecule has 0 bridgehead atoms. The first-order valence-electron chi connectivity index (χ1n) is 6.54. The molecule has 3 heteroatoms. The fourth-order valence-electron chi connectivity index (χ4n) is 3.07. The summed E-state index contributed by atoms with van der Waals surface area (Å²) >= 11 is 5.41. The smallest absolute Gasteiger partial charge is 0.0285 e. The molecular formula is C14H22BrNS. The summed E-state index contributed by atoms with van der Waals surface area (Å²) in [6.45, 7) is 2.47. The summed E-state index contributed by atoms with van der Waals surface area (Å²) in [6.07, 6.45) is 8.17. The lowest BCUT2D eigenvalue weighted by atomic mass is 9.69. The van der Waals surface area contributed by atoms with E-state index in [9.17, 15) is 0 Å². The van der Waals surface area contributed by atoms with Crippen molar-refractivity contribution in [2.24, 2.45) is 5.41 Å². The number of halogens is 1. The number of hydrogen-bond acceptors (Lipinski definition) is 2. The molecule has 0 radical (unpaired) electrons. The summed E-state index contributed by atoms with van der Waals surface area (Å²) in [4.78, 5) is 1.49. The molecule has 1 aromatic rings. The first-order chi connectivity index (χ1) is 8.14. The standard InChI is InChI=1S/C14H22BrNS/c1-14(6-4-3-5-7-14)13(16-2)9-12-8-11(15)10-17-12/h8,10,13,16H,3-7,9H2,1-2H3. The van der Waals surface area contributed by atoms with Gasteiger partial charge in [-0.1, -0.05) is 26.2 Å². The molecule has 1 saturated carbocycles. The monoisotopic (exact) mass is 315 g/mol.